The third-order valence-electron chi connectivity index (χ3n) is 8.84. The van der Waals surface area contributed by atoms with Crippen molar-refractivity contribution in [2.75, 3.05) is 63.2 Å². The summed E-state index contributed by atoms with van der Waals surface area (Å²) in [6.07, 6.45) is 3.31. The summed E-state index contributed by atoms with van der Waals surface area (Å²) in [6, 6.07) is 23.8. The molecule has 1 fully saturated rings. The number of nitrogens with zero attached hydrogens (tertiary/aromatic N) is 4. The second kappa shape index (κ2) is 12.5. The van der Waals surface area contributed by atoms with Gasteiger partial charge in [0, 0.05) is 74.2 Å². The molecule has 1 aromatic heterocycles. The minimum Gasteiger partial charge on any atom is -0.368 e. The number of aryl methyl sites for hydroxylation is 1. The van der Waals surface area contributed by atoms with Crippen molar-refractivity contribution in [3.05, 3.63) is 95.7 Å². The van der Waals surface area contributed by atoms with E-state index in [4.69, 9.17) is 0 Å². The van der Waals surface area contributed by atoms with Crippen LogP contribution in [0.25, 0.3) is 10.9 Å². The van der Waals surface area contributed by atoms with Crippen LogP contribution in [0.1, 0.15) is 16.7 Å². The average Bonchev–Trinajstić information content (AvgIpc) is 3.42. The summed E-state index contributed by atoms with van der Waals surface area (Å²) in [5.74, 6) is 0.251. The van der Waals surface area contributed by atoms with Gasteiger partial charge in [0.25, 0.3) is 0 Å². The third-order valence-corrected chi connectivity index (χ3v) is 8.84. The Balaban J connectivity index is 1.24. The Hall–Kier alpha value is -4.30. The molecule has 224 valence electrons. The summed E-state index contributed by atoms with van der Waals surface area (Å²) >= 11 is 0. The molecule has 0 spiro atoms. The van der Waals surface area contributed by atoms with Crippen molar-refractivity contribution in [2.45, 2.75) is 25.8 Å². The number of hydrogen-bond acceptors (Lipinski definition) is 4. The van der Waals surface area contributed by atoms with E-state index in [9.17, 15) is 9.59 Å². The summed E-state index contributed by atoms with van der Waals surface area (Å²) in [5.41, 5.74) is 6.63. The van der Waals surface area contributed by atoms with E-state index in [0.717, 1.165) is 48.2 Å². The fourth-order valence-corrected chi connectivity index (χ4v) is 6.74. The number of H-pyrrole nitrogens is 1. The van der Waals surface area contributed by atoms with E-state index in [1.807, 2.05) is 52.4 Å². The maximum atomic E-state index is 14.5. The lowest BCUT2D eigenvalue weighted by Crippen LogP contribution is -2.58. The predicted molar refractivity (Wildman–Crippen MR) is 174 cm³/mol. The highest BCUT2D eigenvalue weighted by molar-refractivity contribution is 6.00. The van der Waals surface area contributed by atoms with E-state index in [1.54, 1.807) is 0 Å². The minimum atomic E-state index is -0.702. The van der Waals surface area contributed by atoms with Gasteiger partial charge in [-0.1, -0.05) is 54.6 Å². The van der Waals surface area contributed by atoms with Gasteiger partial charge in [0.05, 0.1) is 0 Å². The van der Waals surface area contributed by atoms with Gasteiger partial charge in [-0.2, -0.15) is 0 Å². The zero-order valence-electron chi connectivity index (χ0n) is 25.4. The van der Waals surface area contributed by atoms with Gasteiger partial charge < -0.3 is 29.9 Å². The van der Waals surface area contributed by atoms with Crippen molar-refractivity contribution in [1.29, 1.82) is 0 Å². The standard InChI is InChI=1S/C35H42N6O2/c1-25-10-4-8-14-32(25)39-16-18-40(19-17-39)35(43)37-31(21-28-22-36-30-13-7-6-12-29(28)30)34(42)41-24-26(23-38(2)3)20-27-11-5-9-15-33(27)41/h4-15,22,26,31,36H,16-21,23-24H2,1-3H3,(H,37,43)/t26-,31+/m0/s1. The third kappa shape index (κ3) is 6.25. The Morgan fingerprint density at radius 3 is 2.40 bits per heavy atom. The van der Waals surface area contributed by atoms with Gasteiger partial charge >= 0.3 is 6.03 Å². The highest BCUT2D eigenvalue weighted by Gasteiger charge is 2.35. The van der Waals surface area contributed by atoms with Crippen molar-refractivity contribution in [3.63, 3.8) is 0 Å². The molecule has 4 aromatic rings. The Kier molecular flexibility index (Phi) is 8.38. The first-order valence-electron chi connectivity index (χ1n) is 15.3. The van der Waals surface area contributed by atoms with Crippen LogP contribution < -0.4 is 15.1 Å². The molecule has 2 atom stereocenters. The van der Waals surface area contributed by atoms with E-state index in [-0.39, 0.29) is 11.9 Å². The number of anilines is 2. The molecule has 0 saturated carbocycles. The van der Waals surface area contributed by atoms with Crippen molar-refractivity contribution in [3.8, 4) is 0 Å². The molecular formula is C35H42N6O2. The molecule has 3 aromatic carbocycles. The lowest BCUT2D eigenvalue weighted by molar-refractivity contribution is -0.120. The van der Waals surface area contributed by atoms with Crippen molar-refractivity contribution >= 4 is 34.2 Å². The minimum absolute atomic E-state index is 0.0620. The van der Waals surface area contributed by atoms with Crippen LogP contribution in [-0.4, -0.2) is 86.1 Å². The Bertz CT molecular complexity index is 1590. The number of urea groups is 1. The molecule has 8 heteroatoms. The van der Waals surface area contributed by atoms with Crippen LogP contribution in [0, 0.1) is 12.8 Å². The van der Waals surface area contributed by atoms with Crippen LogP contribution in [0.2, 0.25) is 0 Å². The number of nitrogens with one attached hydrogen (secondary N) is 2. The molecule has 2 aliphatic heterocycles. The Morgan fingerprint density at radius 1 is 0.930 bits per heavy atom. The van der Waals surface area contributed by atoms with Gasteiger partial charge in [-0.05, 0) is 68.2 Å². The largest absolute Gasteiger partial charge is 0.368 e. The molecule has 2 aliphatic rings. The average molecular weight is 579 g/mol. The Labute approximate surface area is 254 Å². The number of rotatable bonds is 7. The zero-order valence-corrected chi connectivity index (χ0v) is 25.4. The molecule has 0 unspecified atom stereocenters. The lowest BCUT2D eigenvalue weighted by Gasteiger charge is -2.39. The number of fused-ring (bicyclic) bond motifs is 2. The molecule has 3 heterocycles. The van der Waals surface area contributed by atoms with Crippen LogP contribution in [0.4, 0.5) is 16.2 Å². The highest BCUT2D eigenvalue weighted by atomic mass is 16.2. The molecular weight excluding hydrogens is 536 g/mol. The van der Waals surface area contributed by atoms with E-state index in [1.165, 1.54) is 16.8 Å². The van der Waals surface area contributed by atoms with E-state index in [2.05, 4.69) is 77.5 Å². The Morgan fingerprint density at radius 2 is 1.63 bits per heavy atom. The molecule has 0 bridgehead atoms. The van der Waals surface area contributed by atoms with Crippen LogP contribution >= 0.6 is 0 Å². The highest BCUT2D eigenvalue weighted by Crippen LogP contribution is 2.31. The van der Waals surface area contributed by atoms with E-state index in [0.29, 0.717) is 32.0 Å². The lowest BCUT2D eigenvalue weighted by atomic mass is 9.91. The first kappa shape index (κ1) is 28.8. The van der Waals surface area contributed by atoms with Crippen molar-refractivity contribution < 1.29 is 9.59 Å². The zero-order chi connectivity index (χ0) is 29.9. The molecule has 8 nitrogen and oxygen atoms in total. The SMILES string of the molecule is Cc1ccccc1N1CCN(C(=O)N[C@H](Cc2c[nH]c3ccccc23)C(=O)N2C[C@H](CN(C)C)Cc3ccccc32)CC1. The summed E-state index contributed by atoms with van der Waals surface area (Å²) in [7, 11) is 4.15. The van der Waals surface area contributed by atoms with Gasteiger partial charge in [0.15, 0.2) is 0 Å². The smallest absolute Gasteiger partial charge is 0.318 e. The number of carbonyl (C=O) groups is 2. The summed E-state index contributed by atoms with van der Waals surface area (Å²) in [5, 5.41) is 4.27. The topological polar surface area (TPSA) is 74.9 Å². The second-order valence-electron chi connectivity index (χ2n) is 12.2. The molecule has 2 N–H and O–H groups in total. The van der Waals surface area contributed by atoms with Crippen LogP contribution in [0.15, 0.2) is 79.0 Å². The number of aromatic amines is 1. The number of piperazine rings is 1. The fourth-order valence-electron chi connectivity index (χ4n) is 6.74. The maximum absolute atomic E-state index is 14.5. The van der Waals surface area contributed by atoms with Crippen LogP contribution in [0.3, 0.4) is 0 Å². The maximum Gasteiger partial charge on any atom is 0.318 e. The number of amides is 3. The van der Waals surface area contributed by atoms with Gasteiger partial charge in [0.2, 0.25) is 5.91 Å². The molecule has 3 amide bonds. The van der Waals surface area contributed by atoms with Crippen molar-refractivity contribution in [2.24, 2.45) is 5.92 Å². The van der Waals surface area contributed by atoms with Gasteiger partial charge in [0.1, 0.15) is 6.04 Å². The van der Waals surface area contributed by atoms with Crippen LogP contribution in [0.5, 0.6) is 0 Å². The predicted octanol–water partition coefficient (Wildman–Crippen LogP) is 4.69. The molecule has 0 aliphatic carbocycles. The van der Waals surface area contributed by atoms with Gasteiger partial charge in [-0.3, -0.25) is 4.79 Å². The van der Waals surface area contributed by atoms with Gasteiger partial charge in [-0.15, -0.1) is 0 Å². The summed E-state index contributed by atoms with van der Waals surface area (Å²) in [6.45, 7) is 6.36. The van der Waals surface area contributed by atoms with Crippen LogP contribution in [-0.2, 0) is 17.6 Å². The molecule has 1 saturated heterocycles. The number of hydrogen-bond donors (Lipinski definition) is 2. The number of para-hydroxylation sites is 3. The number of benzene rings is 3. The summed E-state index contributed by atoms with van der Waals surface area (Å²) in [4.78, 5) is 39.9. The first-order valence-corrected chi connectivity index (χ1v) is 15.3. The van der Waals surface area contributed by atoms with E-state index >= 15 is 0 Å². The number of aromatic nitrogens is 1. The van der Waals surface area contributed by atoms with Gasteiger partial charge in [-0.25, -0.2) is 4.79 Å². The molecule has 6 rings (SSSR count). The monoisotopic (exact) mass is 578 g/mol. The number of carbonyl (C=O) groups excluding carboxylic acids is 2. The second-order valence-corrected chi connectivity index (χ2v) is 12.2. The normalized spacial score (nSPS) is 17.7. The summed E-state index contributed by atoms with van der Waals surface area (Å²) < 4.78 is 0. The molecule has 0 radical (unpaired) electrons. The van der Waals surface area contributed by atoms with Crippen molar-refractivity contribution in [1.82, 2.24) is 20.1 Å². The fraction of sp³-hybridized carbons (Fsp3) is 0.371. The van der Waals surface area contributed by atoms with E-state index < -0.39 is 6.04 Å². The first-order chi connectivity index (χ1) is 20.9. The molecule has 43 heavy (non-hydrogen) atoms. The quantitative estimate of drug-likeness (QED) is 0.334.